The van der Waals surface area contributed by atoms with E-state index in [0.29, 0.717) is 29.6 Å². The standard InChI is InChI=1S/C18H22BrN3O4S/c1-3-4-8-25-14-7-5-6-13(9-14)17(23)26-16-11-21(2)12-22(16,24)18-20-10-15(19)27-18/h5-7,9-10,16H,3-4,8,11-12H2,1-2H3. The first-order valence-electron chi connectivity index (χ1n) is 8.75. The van der Waals surface area contributed by atoms with E-state index in [1.165, 1.54) is 11.3 Å². The molecule has 7 nitrogen and oxygen atoms in total. The summed E-state index contributed by atoms with van der Waals surface area (Å²) in [7, 11) is 1.82. The first kappa shape index (κ1) is 20.2. The van der Waals surface area contributed by atoms with Gasteiger partial charge >= 0.3 is 5.97 Å². The number of nitrogens with zero attached hydrogens (tertiary/aromatic N) is 3. The monoisotopic (exact) mass is 455 g/mol. The Kier molecular flexibility index (Phi) is 6.48. The zero-order valence-electron chi connectivity index (χ0n) is 15.3. The summed E-state index contributed by atoms with van der Waals surface area (Å²) in [4.78, 5) is 18.7. The molecule has 0 saturated carbocycles. The maximum atomic E-state index is 13.4. The average Bonchev–Trinajstić information content (AvgIpc) is 3.19. The summed E-state index contributed by atoms with van der Waals surface area (Å²) in [5, 5.41) is 13.7. The van der Waals surface area contributed by atoms with Crippen molar-refractivity contribution in [2.24, 2.45) is 0 Å². The van der Waals surface area contributed by atoms with Gasteiger partial charge in [0.2, 0.25) is 0 Å². The van der Waals surface area contributed by atoms with Crippen LogP contribution in [0.25, 0.3) is 0 Å². The predicted molar refractivity (Wildman–Crippen MR) is 109 cm³/mol. The van der Waals surface area contributed by atoms with Crippen LogP contribution in [0.15, 0.2) is 34.2 Å². The number of ether oxygens (including phenoxy) is 2. The van der Waals surface area contributed by atoms with E-state index in [2.05, 4.69) is 27.8 Å². The van der Waals surface area contributed by atoms with Crippen molar-refractivity contribution in [1.82, 2.24) is 14.5 Å². The van der Waals surface area contributed by atoms with E-state index in [1.54, 1.807) is 30.5 Å². The highest BCUT2D eigenvalue weighted by atomic mass is 79.9. The number of quaternary nitrogens is 1. The number of esters is 1. The van der Waals surface area contributed by atoms with Crippen LogP contribution in [0.5, 0.6) is 5.75 Å². The van der Waals surface area contributed by atoms with Crippen LogP contribution in [0.4, 0.5) is 5.13 Å². The number of aromatic nitrogens is 1. The van der Waals surface area contributed by atoms with Crippen molar-refractivity contribution in [3.8, 4) is 5.75 Å². The van der Waals surface area contributed by atoms with E-state index in [9.17, 15) is 10.0 Å². The summed E-state index contributed by atoms with van der Waals surface area (Å²) in [6.45, 7) is 3.21. The second kappa shape index (κ2) is 8.66. The van der Waals surface area contributed by atoms with Crippen LogP contribution in [0.2, 0.25) is 0 Å². The number of carbonyl (C=O) groups excluding carboxylic acids is 1. The van der Waals surface area contributed by atoms with Crippen molar-refractivity contribution in [2.45, 2.75) is 26.0 Å². The minimum atomic E-state index is -0.870. The third kappa shape index (κ3) is 4.67. The highest BCUT2D eigenvalue weighted by Gasteiger charge is 2.45. The van der Waals surface area contributed by atoms with Crippen molar-refractivity contribution in [1.29, 1.82) is 0 Å². The molecule has 1 saturated heterocycles. The molecule has 0 radical (unpaired) electrons. The van der Waals surface area contributed by atoms with Crippen molar-refractivity contribution in [3.63, 3.8) is 0 Å². The predicted octanol–water partition coefficient (Wildman–Crippen LogP) is 3.98. The number of hydrogen-bond acceptors (Lipinski definition) is 7. The third-order valence-corrected chi connectivity index (χ3v) is 5.84. The number of hydroxylamine groups is 2. The van der Waals surface area contributed by atoms with Crippen LogP contribution >= 0.6 is 27.3 Å². The lowest BCUT2D eigenvalue weighted by Gasteiger charge is -2.38. The Morgan fingerprint density at radius 1 is 1.52 bits per heavy atom. The van der Waals surface area contributed by atoms with Gasteiger partial charge in [0.05, 0.1) is 28.7 Å². The van der Waals surface area contributed by atoms with Gasteiger partial charge in [-0.3, -0.25) is 4.65 Å². The molecule has 2 atom stereocenters. The van der Waals surface area contributed by atoms with E-state index in [-0.39, 0.29) is 6.67 Å². The topological polar surface area (TPSA) is 74.7 Å². The van der Waals surface area contributed by atoms with Gasteiger partial charge < -0.3 is 14.7 Å². The average molecular weight is 456 g/mol. The number of rotatable bonds is 7. The van der Waals surface area contributed by atoms with Crippen molar-refractivity contribution in [2.75, 3.05) is 26.9 Å². The molecule has 27 heavy (non-hydrogen) atoms. The van der Waals surface area contributed by atoms with Crippen LogP contribution in [-0.4, -0.2) is 48.9 Å². The first-order valence-corrected chi connectivity index (χ1v) is 10.4. The first-order chi connectivity index (χ1) is 12.9. The number of carbonyl (C=O) groups is 1. The van der Waals surface area contributed by atoms with Crippen LogP contribution in [0.1, 0.15) is 30.1 Å². The second-order valence-electron chi connectivity index (χ2n) is 6.51. The maximum absolute atomic E-state index is 13.4. The Bertz CT molecular complexity index is 802. The van der Waals surface area contributed by atoms with Crippen LogP contribution < -0.4 is 9.38 Å². The smallest absolute Gasteiger partial charge is 0.342 e. The normalized spacial score (nSPS) is 22.7. The van der Waals surface area contributed by atoms with E-state index in [1.807, 2.05) is 11.9 Å². The number of unbranched alkanes of at least 4 members (excludes halogenated alkanes) is 1. The third-order valence-electron chi connectivity index (χ3n) is 4.25. The van der Waals surface area contributed by atoms with Gasteiger partial charge in [0, 0.05) is 0 Å². The Morgan fingerprint density at radius 3 is 3.04 bits per heavy atom. The summed E-state index contributed by atoms with van der Waals surface area (Å²) >= 11 is 4.59. The molecule has 1 aromatic heterocycles. The molecule has 3 rings (SSSR count). The summed E-state index contributed by atoms with van der Waals surface area (Å²) < 4.78 is 11.2. The molecule has 0 bridgehead atoms. The number of likely N-dealkylation sites (N-methyl/N-ethyl adjacent to an activating group) is 1. The van der Waals surface area contributed by atoms with Gasteiger partial charge in [0.25, 0.3) is 11.4 Å². The SMILES string of the molecule is CCCCOc1cccc(C(=O)OC2CN(C)C[N+]2([O-])c2ncc(Br)s2)c1. The van der Waals surface area contributed by atoms with Gasteiger partial charge in [0.1, 0.15) is 12.4 Å². The molecule has 2 heterocycles. The van der Waals surface area contributed by atoms with Crippen LogP contribution in [0, 0.1) is 5.21 Å². The number of thiazole rings is 1. The van der Waals surface area contributed by atoms with E-state index in [4.69, 9.17) is 9.47 Å². The summed E-state index contributed by atoms with van der Waals surface area (Å²) in [5.41, 5.74) is 0.366. The molecule has 0 aliphatic carbocycles. The summed E-state index contributed by atoms with van der Waals surface area (Å²) in [6, 6.07) is 6.86. The fraction of sp³-hybridized carbons (Fsp3) is 0.444. The molecule has 1 fully saturated rings. The van der Waals surface area contributed by atoms with Gasteiger partial charge in [0.15, 0.2) is 0 Å². The summed E-state index contributed by atoms with van der Waals surface area (Å²) in [6.07, 6.45) is 2.70. The molecular weight excluding hydrogens is 434 g/mol. The summed E-state index contributed by atoms with van der Waals surface area (Å²) in [5.74, 6) is 0.0818. The minimum absolute atomic E-state index is 0.179. The molecule has 1 aliphatic heterocycles. The zero-order valence-corrected chi connectivity index (χ0v) is 17.7. The van der Waals surface area contributed by atoms with Gasteiger partial charge in [-0.1, -0.05) is 19.4 Å². The molecule has 9 heteroatoms. The molecular formula is C18H22BrN3O4S. The Balaban J connectivity index is 1.73. The largest absolute Gasteiger partial charge is 0.622 e. The van der Waals surface area contributed by atoms with E-state index in [0.717, 1.165) is 16.6 Å². The molecule has 1 aliphatic rings. The molecule has 1 aromatic carbocycles. The fourth-order valence-corrected chi connectivity index (χ4v) is 4.12. The van der Waals surface area contributed by atoms with Crippen molar-refractivity contribution in [3.05, 3.63) is 45.0 Å². The van der Waals surface area contributed by atoms with E-state index >= 15 is 0 Å². The Labute approximate surface area is 170 Å². The zero-order chi connectivity index (χ0) is 19.4. The van der Waals surface area contributed by atoms with Gasteiger partial charge in [-0.2, -0.15) is 4.98 Å². The number of halogens is 1. The van der Waals surface area contributed by atoms with Crippen molar-refractivity contribution >= 4 is 38.4 Å². The van der Waals surface area contributed by atoms with Gasteiger partial charge in [-0.15, -0.1) is 0 Å². The molecule has 0 N–H and O–H groups in total. The van der Waals surface area contributed by atoms with Gasteiger partial charge in [-0.05, 0) is 58.9 Å². The number of hydrogen-bond donors (Lipinski definition) is 0. The fourth-order valence-electron chi connectivity index (χ4n) is 2.87. The molecule has 2 aromatic rings. The Morgan fingerprint density at radius 2 is 2.33 bits per heavy atom. The molecule has 2 unspecified atom stereocenters. The molecule has 0 spiro atoms. The lowest BCUT2D eigenvalue weighted by atomic mass is 10.2. The van der Waals surface area contributed by atoms with E-state index < -0.39 is 16.8 Å². The highest BCUT2D eigenvalue weighted by Crippen LogP contribution is 2.36. The molecule has 0 amide bonds. The van der Waals surface area contributed by atoms with Crippen molar-refractivity contribution < 1.29 is 14.3 Å². The second-order valence-corrected chi connectivity index (χ2v) is 8.90. The highest BCUT2D eigenvalue weighted by molar-refractivity contribution is 9.11. The van der Waals surface area contributed by atoms with Gasteiger partial charge in [-0.25, -0.2) is 9.69 Å². The molecule has 146 valence electrons. The minimum Gasteiger partial charge on any atom is -0.622 e. The van der Waals surface area contributed by atoms with Crippen LogP contribution in [0.3, 0.4) is 0 Å². The lowest BCUT2D eigenvalue weighted by molar-refractivity contribution is 0.00566. The lowest BCUT2D eigenvalue weighted by Crippen LogP contribution is -2.50. The van der Waals surface area contributed by atoms with Crippen LogP contribution in [-0.2, 0) is 4.74 Å². The number of benzene rings is 1. The Hall–Kier alpha value is -1.52. The maximum Gasteiger partial charge on any atom is 0.342 e. The quantitative estimate of drug-likeness (QED) is 0.272.